The Labute approximate surface area is 125 Å². The van der Waals surface area contributed by atoms with E-state index >= 15 is 0 Å². The fraction of sp³-hybridized carbons (Fsp3) is 0.214. The SMILES string of the molecule is CCOC(=O)c1ccccc1Nc1nc(CC(=O)[O-])cs1. The Balaban J connectivity index is 2.17. The summed E-state index contributed by atoms with van der Waals surface area (Å²) in [6.07, 6.45) is -0.238. The zero-order valence-electron chi connectivity index (χ0n) is 11.3. The van der Waals surface area contributed by atoms with Crippen molar-refractivity contribution in [1.29, 1.82) is 0 Å². The van der Waals surface area contributed by atoms with Crippen LogP contribution < -0.4 is 10.4 Å². The van der Waals surface area contributed by atoms with Gasteiger partial charge in [-0.25, -0.2) is 9.78 Å². The Morgan fingerprint density at radius 1 is 1.38 bits per heavy atom. The number of benzene rings is 1. The van der Waals surface area contributed by atoms with Crippen molar-refractivity contribution in [3.8, 4) is 0 Å². The average Bonchev–Trinajstić information content (AvgIpc) is 2.86. The van der Waals surface area contributed by atoms with Gasteiger partial charge in [0.15, 0.2) is 5.13 Å². The van der Waals surface area contributed by atoms with Crippen molar-refractivity contribution >= 4 is 34.1 Å². The minimum Gasteiger partial charge on any atom is -0.550 e. The van der Waals surface area contributed by atoms with Gasteiger partial charge in [0, 0.05) is 17.8 Å². The summed E-state index contributed by atoms with van der Waals surface area (Å²) in [4.78, 5) is 26.5. The lowest BCUT2D eigenvalue weighted by Crippen LogP contribution is -2.24. The normalized spacial score (nSPS) is 10.1. The number of aromatic nitrogens is 1. The van der Waals surface area contributed by atoms with Crippen LogP contribution in [-0.4, -0.2) is 23.5 Å². The van der Waals surface area contributed by atoms with Crippen molar-refractivity contribution in [2.75, 3.05) is 11.9 Å². The van der Waals surface area contributed by atoms with Crippen LogP contribution in [-0.2, 0) is 16.0 Å². The van der Waals surface area contributed by atoms with E-state index in [-0.39, 0.29) is 6.42 Å². The largest absolute Gasteiger partial charge is 0.550 e. The third-order valence-electron chi connectivity index (χ3n) is 2.54. The number of carboxylic acid groups (broad SMARTS) is 1. The van der Waals surface area contributed by atoms with E-state index in [0.717, 1.165) is 0 Å². The summed E-state index contributed by atoms with van der Waals surface area (Å²) >= 11 is 1.25. The summed E-state index contributed by atoms with van der Waals surface area (Å²) < 4.78 is 4.98. The summed E-state index contributed by atoms with van der Waals surface area (Å²) in [5.41, 5.74) is 1.37. The number of anilines is 2. The second-order valence-electron chi connectivity index (χ2n) is 4.08. The molecule has 7 heteroatoms. The summed E-state index contributed by atoms with van der Waals surface area (Å²) in [7, 11) is 0. The maximum Gasteiger partial charge on any atom is 0.340 e. The molecule has 0 fully saturated rings. The standard InChI is InChI=1S/C14H14N2O4S/c1-2-20-13(19)10-5-3-4-6-11(10)16-14-15-9(8-21-14)7-12(17)18/h3-6,8H,2,7H2,1H3,(H,15,16)(H,17,18)/p-1. The van der Waals surface area contributed by atoms with E-state index in [4.69, 9.17) is 4.74 Å². The van der Waals surface area contributed by atoms with Gasteiger partial charge in [-0.3, -0.25) is 0 Å². The van der Waals surface area contributed by atoms with E-state index < -0.39 is 11.9 Å². The van der Waals surface area contributed by atoms with Gasteiger partial charge in [-0.1, -0.05) is 12.1 Å². The number of carboxylic acids is 1. The molecule has 1 N–H and O–H groups in total. The molecule has 0 radical (unpaired) electrons. The van der Waals surface area contributed by atoms with E-state index in [1.54, 1.807) is 36.6 Å². The molecule has 2 rings (SSSR count). The molecule has 0 aliphatic rings. The molecule has 110 valence electrons. The van der Waals surface area contributed by atoms with Gasteiger partial charge < -0.3 is 20.0 Å². The number of carbonyl (C=O) groups is 2. The molecule has 0 spiro atoms. The second-order valence-corrected chi connectivity index (χ2v) is 4.94. The van der Waals surface area contributed by atoms with E-state index in [1.165, 1.54) is 11.3 Å². The molecule has 0 aliphatic heterocycles. The lowest BCUT2D eigenvalue weighted by Gasteiger charge is -2.09. The Morgan fingerprint density at radius 2 is 2.14 bits per heavy atom. The number of nitrogens with one attached hydrogen (secondary N) is 1. The monoisotopic (exact) mass is 305 g/mol. The molecule has 1 heterocycles. The molecule has 0 amide bonds. The number of nitrogens with zero attached hydrogens (tertiary/aromatic N) is 1. The van der Waals surface area contributed by atoms with Gasteiger partial charge in [0.05, 0.1) is 23.6 Å². The van der Waals surface area contributed by atoms with Gasteiger partial charge >= 0.3 is 5.97 Å². The fourth-order valence-electron chi connectivity index (χ4n) is 1.69. The zero-order chi connectivity index (χ0) is 15.2. The number of para-hydroxylation sites is 1. The van der Waals surface area contributed by atoms with Gasteiger partial charge in [-0.15, -0.1) is 11.3 Å². The molecule has 0 bridgehead atoms. The first kappa shape index (κ1) is 15.0. The lowest BCUT2D eigenvalue weighted by atomic mass is 10.2. The highest BCUT2D eigenvalue weighted by atomic mass is 32.1. The van der Waals surface area contributed by atoms with Crippen molar-refractivity contribution in [3.63, 3.8) is 0 Å². The van der Waals surface area contributed by atoms with Crippen LogP contribution in [0.4, 0.5) is 10.8 Å². The lowest BCUT2D eigenvalue weighted by molar-refractivity contribution is -0.304. The van der Waals surface area contributed by atoms with Crippen LogP contribution in [0.5, 0.6) is 0 Å². The van der Waals surface area contributed by atoms with E-state index in [9.17, 15) is 14.7 Å². The Bertz CT molecular complexity index is 654. The molecule has 0 atom stereocenters. The Kier molecular flexibility index (Phi) is 4.89. The Morgan fingerprint density at radius 3 is 2.86 bits per heavy atom. The van der Waals surface area contributed by atoms with E-state index in [0.29, 0.717) is 28.7 Å². The fourth-order valence-corrected chi connectivity index (χ4v) is 2.41. The van der Waals surface area contributed by atoms with Crippen molar-refractivity contribution in [1.82, 2.24) is 4.98 Å². The van der Waals surface area contributed by atoms with Crippen molar-refractivity contribution < 1.29 is 19.4 Å². The first-order chi connectivity index (χ1) is 10.1. The molecule has 1 aromatic carbocycles. The highest BCUT2D eigenvalue weighted by Crippen LogP contribution is 2.24. The number of esters is 1. The Hall–Kier alpha value is -2.41. The maximum absolute atomic E-state index is 11.8. The van der Waals surface area contributed by atoms with Gasteiger partial charge in [0.25, 0.3) is 0 Å². The van der Waals surface area contributed by atoms with Crippen LogP contribution in [0.3, 0.4) is 0 Å². The van der Waals surface area contributed by atoms with Crippen LogP contribution in [0.1, 0.15) is 23.0 Å². The smallest absolute Gasteiger partial charge is 0.340 e. The highest BCUT2D eigenvalue weighted by Gasteiger charge is 2.13. The number of thiazole rings is 1. The van der Waals surface area contributed by atoms with Gasteiger partial charge in [0.2, 0.25) is 0 Å². The number of rotatable bonds is 6. The molecule has 0 unspecified atom stereocenters. The van der Waals surface area contributed by atoms with E-state index in [1.807, 2.05) is 0 Å². The molecular formula is C14H13N2O4S-. The first-order valence-corrected chi connectivity index (χ1v) is 7.15. The highest BCUT2D eigenvalue weighted by molar-refractivity contribution is 7.13. The van der Waals surface area contributed by atoms with Crippen LogP contribution in [0.15, 0.2) is 29.6 Å². The van der Waals surface area contributed by atoms with E-state index in [2.05, 4.69) is 10.3 Å². The van der Waals surface area contributed by atoms with Gasteiger partial charge in [-0.05, 0) is 19.1 Å². The predicted molar refractivity (Wildman–Crippen MR) is 76.5 cm³/mol. The quantitative estimate of drug-likeness (QED) is 0.810. The second kappa shape index (κ2) is 6.85. The average molecular weight is 305 g/mol. The van der Waals surface area contributed by atoms with Gasteiger partial charge in [-0.2, -0.15) is 0 Å². The number of carbonyl (C=O) groups excluding carboxylic acids is 2. The molecule has 0 aliphatic carbocycles. The number of ether oxygens (including phenoxy) is 1. The van der Waals surface area contributed by atoms with Crippen LogP contribution in [0.2, 0.25) is 0 Å². The zero-order valence-corrected chi connectivity index (χ0v) is 12.1. The van der Waals surface area contributed by atoms with Crippen molar-refractivity contribution in [2.24, 2.45) is 0 Å². The molecule has 1 aromatic heterocycles. The van der Waals surface area contributed by atoms with Crippen molar-refractivity contribution in [3.05, 3.63) is 40.9 Å². The third-order valence-corrected chi connectivity index (χ3v) is 3.35. The molecule has 6 nitrogen and oxygen atoms in total. The minimum atomic E-state index is -1.18. The topological polar surface area (TPSA) is 91.3 Å². The third kappa shape index (κ3) is 4.03. The number of hydrogen-bond acceptors (Lipinski definition) is 7. The molecule has 21 heavy (non-hydrogen) atoms. The number of hydrogen-bond donors (Lipinski definition) is 1. The summed E-state index contributed by atoms with van der Waals surface area (Å²) in [5.74, 6) is -1.61. The van der Waals surface area contributed by atoms with Crippen molar-refractivity contribution in [2.45, 2.75) is 13.3 Å². The minimum absolute atomic E-state index is 0.238. The number of aliphatic carboxylic acids is 1. The molecule has 0 saturated heterocycles. The predicted octanol–water partition coefficient (Wildman–Crippen LogP) is 1.36. The van der Waals surface area contributed by atoms with Crippen LogP contribution >= 0.6 is 11.3 Å². The van der Waals surface area contributed by atoms with Crippen LogP contribution in [0.25, 0.3) is 0 Å². The maximum atomic E-state index is 11.8. The molecule has 2 aromatic rings. The summed E-state index contributed by atoms with van der Waals surface area (Å²) in [6, 6.07) is 6.89. The van der Waals surface area contributed by atoms with Gasteiger partial charge in [0.1, 0.15) is 0 Å². The molecule has 0 saturated carbocycles. The summed E-state index contributed by atoms with van der Waals surface area (Å²) in [6.45, 7) is 2.03. The first-order valence-electron chi connectivity index (χ1n) is 6.27. The van der Waals surface area contributed by atoms with Crippen LogP contribution in [0, 0.1) is 0 Å². The molecular weight excluding hydrogens is 292 g/mol. The summed E-state index contributed by atoms with van der Waals surface area (Å²) in [5, 5.41) is 15.7.